The number of carboxylic acid groups (broad SMARTS) is 1. The number of nitrogens with zero attached hydrogens (tertiary/aromatic N) is 2. The normalized spacial score (nSPS) is 11.4. The lowest BCUT2D eigenvalue weighted by Crippen LogP contribution is -2.13. The summed E-state index contributed by atoms with van der Waals surface area (Å²) in [5.74, 6) is -0.228. The molecule has 0 aliphatic heterocycles. The van der Waals surface area contributed by atoms with Crippen molar-refractivity contribution >= 4 is 5.97 Å². The Kier molecular flexibility index (Phi) is 5.31. The minimum absolute atomic E-state index is 0.0940. The minimum Gasteiger partial charge on any atom is -0.478 e. The molecular formula is C22H24N2O3. The summed E-state index contributed by atoms with van der Waals surface area (Å²) in [7, 11) is 0. The standard InChI is InChI=1S/C22H24N2O3/c1-22(2,3)19-13-20(27-15-17-7-5-4-6-8-17)24(23-19)14-16-9-11-18(12-10-16)21(25)26/h4-13H,14-15H2,1-3H3,(H,25,26). The van der Waals surface area contributed by atoms with Gasteiger partial charge in [-0.3, -0.25) is 0 Å². The molecule has 3 aromatic rings. The van der Waals surface area contributed by atoms with Gasteiger partial charge in [0.05, 0.1) is 17.8 Å². The fourth-order valence-corrected chi connectivity index (χ4v) is 2.65. The first-order valence-electron chi connectivity index (χ1n) is 8.90. The summed E-state index contributed by atoms with van der Waals surface area (Å²) in [5, 5.41) is 13.8. The molecule has 1 heterocycles. The average Bonchev–Trinajstić information content (AvgIpc) is 3.04. The van der Waals surface area contributed by atoms with Crippen LogP contribution in [0.1, 0.15) is 48.0 Å². The molecule has 2 aromatic carbocycles. The van der Waals surface area contributed by atoms with E-state index < -0.39 is 5.97 Å². The zero-order valence-electron chi connectivity index (χ0n) is 15.8. The van der Waals surface area contributed by atoms with Crippen LogP contribution in [0.3, 0.4) is 0 Å². The maximum absolute atomic E-state index is 11.0. The molecule has 0 fully saturated rings. The van der Waals surface area contributed by atoms with Crippen molar-refractivity contribution in [2.45, 2.75) is 39.3 Å². The Morgan fingerprint density at radius 1 is 1.04 bits per heavy atom. The molecule has 5 heteroatoms. The molecule has 0 amide bonds. The molecular weight excluding hydrogens is 340 g/mol. The SMILES string of the molecule is CC(C)(C)c1cc(OCc2ccccc2)n(Cc2ccc(C(=O)O)cc2)n1. The van der Waals surface area contributed by atoms with E-state index in [1.165, 1.54) is 0 Å². The molecule has 0 radical (unpaired) electrons. The summed E-state index contributed by atoms with van der Waals surface area (Å²) < 4.78 is 7.87. The number of rotatable bonds is 6. The van der Waals surface area contributed by atoms with Gasteiger partial charge >= 0.3 is 5.97 Å². The molecule has 5 nitrogen and oxygen atoms in total. The second kappa shape index (κ2) is 7.66. The van der Waals surface area contributed by atoms with Crippen LogP contribution in [0.25, 0.3) is 0 Å². The van der Waals surface area contributed by atoms with Crippen molar-refractivity contribution in [2.75, 3.05) is 0 Å². The van der Waals surface area contributed by atoms with Crippen LogP contribution in [0.4, 0.5) is 0 Å². The predicted octanol–water partition coefficient (Wildman–Crippen LogP) is 4.51. The molecule has 0 saturated heterocycles. The molecule has 3 rings (SSSR count). The van der Waals surface area contributed by atoms with Crippen LogP contribution in [-0.2, 0) is 18.6 Å². The van der Waals surface area contributed by atoms with Crippen LogP contribution >= 0.6 is 0 Å². The fourth-order valence-electron chi connectivity index (χ4n) is 2.65. The number of hydrogen-bond acceptors (Lipinski definition) is 3. The second-order valence-corrected chi connectivity index (χ2v) is 7.55. The van der Waals surface area contributed by atoms with Crippen LogP contribution < -0.4 is 4.74 Å². The number of hydrogen-bond donors (Lipinski definition) is 1. The molecule has 0 aliphatic carbocycles. The Bertz CT molecular complexity index is 907. The molecule has 0 saturated carbocycles. The van der Waals surface area contributed by atoms with E-state index in [1.54, 1.807) is 12.1 Å². The predicted molar refractivity (Wildman–Crippen MR) is 104 cm³/mol. The highest BCUT2D eigenvalue weighted by Crippen LogP contribution is 2.26. The summed E-state index contributed by atoms with van der Waals surface area (Å²) in [6.07, 6.45) is 0. The molecule has 0 bridgehead atoms. The molecule has 1 aromatic heterocycles. The minimum atomic E-state index is -0.928. The molecule has 1 N–H and O–H groups in total. The van der Waals surface area contributed by atoms with Gasteiger partial charge in [0.25, 0.3) is 0 Å². The van der Waals surface area contributed by atoms with Gasteiger partial charge in [-0.05, 0) is 23.3 Å². The lowest BCUT2D eigenvalue weighted by Gasteiger charge is -2.14. The van der Waals surface area contributed by atoms with E-state index in [0.29, 0.717) is 19.0 Å². The quantitative estimate of drug-likeness (QED) is 0.699. The second-order valence-electron chi connectivity index (χ2n) is 7.55. The monoisotopic (exact) mass is 364 g/mol. The summed E-state index contributed by atoms with van der Waals surface area (Å²) in [5.41, 5.74) is 3.19. The topological polar surface area (TPSA) is 64.3 Å². The average molecular weight is 364 g/mol. The van der Waals surface area contributed by atoms with Crippen LogP contribution in [0, 0.1) is 0 Å². The van der Waals surface area contributed by atoms with E-state index in [2.05, 4.69) is 20.8 Å². The van der Waals surface area contributed by atoms with Crippen molar-refractivity contribution < 1.29 is 14.6 Å². The smallest absolute Gasteiger partial charge is 0.335 e. The maximum atomic E-state index is 11.0. The highest BCUT2D eigenvalue weighted by atomic mass is 16.5. The number of ether oxygens (including phenoxy) is 1. The summed E-state index contributed by atoms with van der Waals surface area (Å²) in [6, 6.07) is 18.8. The van der Waals surface area contributed by atoms with Crippen molar-refractivity contribution in [3.63, 3.8) is 0 Å². The summed E-state index contributed by atoms with van der Waals surface area (Å²) in [6.45, 7) is 7.32. The van der Waals surface area contributed by atoms with Crippen LogP contribution in [0.5, 0.6) is 5.88 Å². The third kappa shape index (κ3) is 4.76. The van der Waals surface area contributed by atoms with Gasteiger partial charge in [-0.25, -0.2) is 9.48 Å². The van der Waals surface area contributed by atoms with E-state index in [0.717, 1.165) is 16.8 Å². The zero-order chi connectivity index (χ0) is 19.4. The summed E-state index contributed by atoms with van der Waals surface area (Å²) >= 11 is 0. The first kappa shape index (κ1) is 18.7. The lowest BCUT2D eigenvalue weighted by molar-refractivity contribution is 0.0697. The Morgan fingerprint density at radius 2 is 1.70 bits per heavy atom. The van der Waals surface area contributed by atoms with Crippen LogP contribution in [0.15, 0.2) is 60.7 Å². The van der Waals surface area contributed by atoms with Gasteiger partial charge in [0.15, 0.2) is 0 Å². The van der Waals surface area contributed by atoms with Gasteiger partial charge in [0, 0.05) is 11.5 Å². The van der Waals surface area contributed by atoms with E-state index >= 15 is 0 Å². The lowest BCUT2D eigenvalue weighted by atomic mass is 9.93. The van der Waals surface area contributed by atoms with Gasteiger partial charge in [0.1, 0.15) is 6.61 Å². The van der Waals surface area contributed by atoms with E-state index in [1.807, 2.05) is 53.2 Å². The Morgan fingerprint density at radius 3 is 2.30 bits per heavy atom. The third-order valence-electron chi connectivity index (χ3n) is 4.27. The van der Waals surface area contributed by atoms with Gasteiger partial charge in [-0.2, -0.15) is 5.10 Å². The molecule has 140 valence electrons. The Hall–Kier alpha value is -3.08. The number of aromatic nitrogens is 2. The van der Waals surface area contributed by atoms with Crippen molar-refractivity contribution in [1.82, 2.24) is 9.78 Å². The van der Waals surface area contributed by atoms with Gasteiger partial charge in [0.2, 0.25) is 5.88 Å². The van der Waals surface area contributed by atoms with Crippen molar-refractivity contribution in [2.24, 2.45) is 0 Å². The largest absolute Gasteiger partial charge is 0.478 e. The highest BCUT2D eigenvalue weighted by Gasteiger charge is 2.21. The van der Waals surface area contributed by atoms with E-state index in [4.69, 9.17) is 14.9 Å². The number of carbonyl (C=O) groups is 1. The van der Waals surface area contributed by atoms with E-state index in [9.17, 15) is 4.79 Å². The molecule has 0 unspecified atom stereocenters. The fraction of sp³-hybridized carbons (Fsp3) is 0.273. The Balaban J connectivity index is 1.83. The van der Waals surface area contributed by atoms with Gasteiger partial charge < -0.3 is 9.84 Å². The number of aromatic carboxylic acids is 1. The molecule has 0 aliphatic rings. The highest BCUT2D eigenvalue weighted by molar-refractivity contribution is 5.87. The zero-order valence-corrected chi connectivity index (χ0v) is 15.8. The molecule has 0 atom stereocenters. The van der Waals surface area contributed by atoms with Crippen molar-refractivity contribution in [3.8, 4) is 5.88 Å². The van der Waals surface area contributed by atoms with Crippen molar-refractivity contribution in [1.29, 1.82) is 0 Å². The molecule has 27 heavy (non-hydrogen) atoms. The summed E-state index contributed by atoms with van der Waals surface area (Å²) in [4.78, 5) is 11.0. The van der Waals surface area contributed by atoms with Gasteiger partial charge in [-0.1, -0.05) is 63.2 Å². The van der Waals surface area contributed by atoms with E-state index in [-0.39, 0.29) is 11.0 Å². The third-order valence-corrected chi connectivity index (χ3v) is 4.27. The van der Waals surface area contributed by atoms with Gasteiger partial charge in [-0.15, -0.1) is 0 Å². The Labute approximate surface area is 159 Å². The number of benzene rings is 2. The first-order valence-corrected chi connectivity index (χ1v) is 8.90. The van der Waals surface area contributed by atoms with Crippen molar-refractivity contribution in [3.05, 3.63) is 83.0 Å². The first-order chi connectivity index (χ1) is 12.8. The maximum Gasteiger partial charge on any atom is 0.335 e. The molecule has 0 spiro atoms. The number of carboxylic acids is 1. The van der Waals surface area contributed by atoms with Crippen LogP contribution in [-0.4, -0.2) is 20.9 Å². The van der Waals surface area contributed by atoms with Crippen LogP contribution in [0.2, 0.25) is 0 Å².